The van der Waals surface area contributed by atoms with Crippen molar-refractivity contribution < 1.29 is 4.74 Å². The van der Waals surface area contributed by atoms with Gasteiger partial charge in [-0.25, -0.2) is 0 Å². The average Bonchev–Trinajstić information content (AvgIpc) is 2.41. The smallest absolute Gasteiger partial charge is 0.119 e. The van der Waals surface area contributed by atoms with Crippen LogP contribution in [0.25, 0.3) is 0 Å². The molecule has 1 saturated heterocycles. The number of rotatable bonds is 6. The summed E-state index contributed by atoms with van der Waals surface area (Å²) in [5.74, 6) is 1.85. The van der Waals surface area contributed by atoms with Crippen LogP contribution in [0.3, 0.4) is 0 Å². The van der Waals surface area contributed by atoms with Crippen LogP contribution in [-0.2, 0) is 0 Å². The Balaban J connectivity index is 1.64. The number of likely N-dealkylation sites (tertiary alicyclic amines) is 1. The first-order valence-electron chi connectivity index (χ1n) is 7.34. The van der Waals surface area contributed by atoms with Gasteiger partial charge in [-0.3, -0.25) is 4.90 Å². The molecule has 1 aliphatic heterocycles. The van der Waals surface area contributed by atoms with Crippen molar-refractivity contribution in [1.82, 2.24) is 10.2 Å². The molecule has 1 heterocycles. The van der Waals surface area contributed by atoms with Crippen molar-refractivity contribution in [2.24, 2.45) is 5.92 Å². The minimum absolute atomic E-state index is 0.792. The molecule has 0 amide bonds. The molecule has 0 saturated carbocycles. The Bertz CT molecular complexity index is 373. The van der Waals surface area contributed by atoms with E-state index in [0.717, 1.165) is 31.4 Å². The van der Waals surface area contributed by atoms with Gasteiger partial charge in [-0.15, -0.1) is 0 Å². The fourth-order valence-corrected chi connectivity index (χ4v) is 2.70. The standard InChI is InChI=1S/C16H26N2O/c1-14-4-3-5-16(12-14)19-11-10-18-8-6-15(7-9-18)13-17-2/h3-5,12,15,17H,6-11,13H2,1-2H3. The molecule has 1 N–H and O–H groups in total. The Hall–Kier alpha value is -1.06. The van der Waals surface area contributed by atoms with E-state index in [0.29, 0.717) is 0 Å². The Kier molecular flexibility index (Phi) is 5.67. The van der Waals surface area contributed by atoms with Crippen molar-refractivity contribution in [3.8, 4) is 5.75 Å². The molecule has 1 aromatic carbocycles. The van der Waals surface area contributed by atoms with E-state index in [9.17, 15) is 0 Å². The highest BCUT2D eigenvalue weighted by Crippen LogP contribution is 2.16. The van der Waals surface area contributed by atoms with Crippen molar-refractivity contribution in [2.75, 3.05) is 39.8 Å². The fraction of sp³-hybridized carbons (Fsp3) is 0.625. The lowest BCUT2D eigenvalue weighted by atomic mass is 9.97. The van der Waals surface area contributed by atoms with Gasteiger partial charge < -0.3 is 10.1 Å². The predicted molar refractivity (Wildman–Crippen MR) is 79.8 cm³/mol. The number of ether oxygens (including phenoxy) is 1. The first-order valence-corrected chi connectivity index (χ1v) is 7.34. The Labute approximate surface area is 116 Å². The third-order valence-corrected chi connectivity index (χ3v) is 3.87. The van der Waals surface area contributed by atoms with Crippen molar-refractivity contribution >= 4 is 0 Å². The summed E-state index contributed by atoms with van der Waals surface area (Å²) in [5.41, 5.74) is 1.25. The zero-order valence-electron chi connectivity index (χ0n) is 12.2. The molecule has 0 atom stereocenters. The highest BCUT2D eigenvalue weighted by molar-refractivity contribution is 5.27. The van der Waals surface area contributed by atoms with Gasteiger partial charge in [0, 0.05) is 6.54 Å². The summed E-state index contributed by atoms with van der Waals surface area (Å²) >= 11 is 0. The zero-order valence-corrected chi connectivity index (χ0v) is 12.2. The van der Waals surface area contributed by atoms with Gasteiger partial charge in [0.2, 0.25) is 0 Å². The minimum atomic E-state index is 0.792. The van der Waals surface area contributed by atoms with E-state index in [-0.39, 0.29) is 0 Å². The third-order valence-electron chi connectivity index (χ3n) is 3.87. The molecule has 0 aliphatic carbocycles. The third kappa shape index (κ3) is 4.84. The molecular weight excluding hydrogens is 236 g/mol. The van der Waals surface area contributed by atoms with E-state index >= 15 is 0 Å². The van der Waals surface area contributed by atoms with Crippen LogP contribution >= 0.6 is 0 Å². The minimum Gasteiger partial charge on any atom is -0.492 e. The van der Waals surface area contributed by atoms with Crippen LogP contribution in [0.5, 0.6) is 5.75 Å². The molecule has 3 heteroatoms. The van der Waals surface area contributed by atoms with Crippen molar-refractivity contribution in [3.05, 3.63) is 29.8 Å². The maximum absolute atomic E-state index is 5.81. The van der Waals surface area contributed by atoms with E-state index < -0.39 is 0 Å². The number of hydrogen-bond donors (Lipinski definition) is 1. The number of piperidine rings is 1. The zero-order chi connectivity index (χ0) is 13.5. The number of benzene rings is 1. The Morgan fingerprint density at radius 1 is 1.32 bits per heavy atom. The molecular formula is C16H26N2O. The molecule has 0 aromatic heterocycles. The lowest BCUT2D eigenvalue weighted by molar-refractivity contribution is 0.155. The van der Waals surface area contributed by atoms with Crippen molar-refractivity contribution in [1.29, 1.82) is 0 Å². The molecule has 19 heavy (non-hydrogen) atoms. The van der Waals surface area contributed by atoms with Crippen LogP contribution in [0.15, 0.2) is 24.3 Å². The van der Waals surface area contributed by atoms with Crippen molar-refractivity contribution in [3.63, 3.8) is 0 Å². The summed E-state index contributed by atoms with van der Waals surface area (Å²) in [6.07, 6.45) is 2.62. The van der Waals surface area contributed by atoms with Crippen LogP contribution in [0, 0.1) is 12.8 Å². The molecule has 0 unspecified atom stereocenters. The maximum Gasteiger partial charge on any atom is 0.119 e. The van der Waals surface area contributed by atoms with Crippen LogP contribution in [0.1, 0.15) is 18.4 Å². The first kappa shape index (κ1) is 14.4. The van der Waals surface area contributed by atoms with Crippen LogP contribution < -0.4 is 10.1 Å². The quantitative estimate of drug-likeness (QED) is 0.851. The normalized spacial score (nSPS) is 17.6. The Morgan fingerprint density at radius 2 is 2.11 bits per heavy atom. The molecule has 106 valence electrons. The van der Waals surface area contributed by atoms with Gasteiger partial charge in [0.25, 0.3) is 0 Å². The van der Waals surface area contributed by atoms with Gasteiger partial charge >= 0.3 is 0 Å². The highest BCUT2D eigenvalue weighted by Gasteiger charge is 2.18. The number of hydrogen-bond acceptors (Lipinski definition) is 3. The van der Waals surface area contributed by atoms with E-state index in [2.05, 4.69) is 29.3 Å². The molecule has 1 aliphatic rings. The van der Waals surface area contributed by atoms with E-state index in [1.54, 1.807) is 0 Å². The molecule has 3 nitrogen and oxygen atoms in total. The topological polar surface area (TPSA) is 24.5 Å². The van der Waals surface area contributed by atoms with Gasteiger partial charge in [-0.05, 0) is 70.1 Å². The van der Waals surface area contributed by atoms with Crippen LogP contribution in [0.4, 0.5) is 0 Å². The monoisotopic (exact) mass is 262 g/mol. The van der Waals surface area contributed by atoms with Gasteiger partial charge in [0.1, 0.15) is 12.4 Å². The van der Waals surface area contributed by atoms with E-state index in [1.165, 1.54) is 31.5 Å². The summed E-state index contributed by atoms with van der Waals surface area (Å²) in [6.45, 7) is 7.51. The summed E-state index contributed by atoms with van der Waals surface area (Å²) in [7, 11) is 2.04. The van der Waals surface area contributed by atoms with Crippen LogP contribution in [-0.4, -0.2) is 44.7 Å². The summed E-state index contributed by atoms with van der Waals surface area (Å²) in [6, 6.07) is 8.28. The summed E-state index contributed by atoms with van der Waals surface area (Å²) in [4.78, 5) is 2.52. The second-order valence-electron chi connectivity index (χ2n) is 5.51. The predicted octanol–water partition coefficient (Wildman–Crippen LogP) is 2.31. The van der Waals surface area contributed by atoms with Crippen molar-refractivity contribution in [2.45, 2.75) is 19.8 Å². The van der Waals surface area contributed by atoms with Gasteiger partial charge in [0.05, 0.1) is 0 Å². The number of nitrogens with zero attached hydrogens (tertiary/aromatic N) is 1. The van der Waals surface area contributed by atoms with Gasteiger partial charge in [-0.1, -0.05) is 12.1 Å². The maximum atomic E-state index is 5.81. The van der Waals surface area contributed by atoms with E-state index in [1.807, 2.05) is 19.2 Å². The second-order valence-corrected chi connectivity index (χ2v) is 5.51. The fourth-order valence-electron chi connectivity index (χ4n) is 2.70. The largest absolute Gasteiger partial charge is 0.492 e. The molecule has 0 radical (unpaired) electrons. The molecule has 1 aromatic rings. The number of aryl methyl sites for hydroxylation is 1. The highest BCUT2D eigenvalue weighted by atomic mass is 16.5. The first-order chi connectivity index (χ1) is 9.28. The molecule has 0 bridgehead atoms. The molecule has 0 spiro atoms. The molecule has 2 rings (SSSR count). The molecule has 1 fully saturated rings. The second kappa shape index (κ2) is 7.51. The lowest BCUT2D eigenvalue weighted by Gasteiger charge is -2.31. The van der Waals surface area contributed by atoms with Gasteiger partial charge in [-0.2, -0.15) is 0 Å². The number of nitrogens with one attached hydrogen (secondary N) is 1. The summed E-state index contributed by atoms with van der Waals surface area (Å²) in [5, 5.41) is 3.28. The Morgan fingerprint density at radius 3 is 2.79 bits per heavy atom. The van der Waals surface area contributed by atoms with Crippen LogP contribution in [0.2, 0.25) is 0 Å². The summed E-state index contributed by atoms with van der Waals surface area (Å²) < 4.78 is 5.81. The van der Waals surface area contributed by atoms with E-state index in [4.69, 9.17) is 4.74 Å². The van der Waals surface area contributed by atoms with Gasteiger partial charge in [0.15, 0.2) is 0 Å². The lowest BCUT2D eigenvalue weighted by Crippen LogP contribution is -2.38. The average molecular weight is 262 g/mol. The SMILES string of the molecule is CNCC1CCN(CCOc2cccc(C)c2)CC1.